The zero-order chi connectivity index (χ0) is 23.2. The van der Waals surface area contributed by atoms with Crippen LogP contribution < -0.4 is 5.32 Å². The zero-order valence-corrected chi connectivity index (χ0v) is 17.7. The predicted octanol–water partition coefficient (Wildman–Crippen LogP) is 5.34. The fourth-order valence-corrected chi connectivity index (χ4v) is 3.33. The number of nitro benzene ring substituents is 1. The van der Waals surface area contributed by atoms with E-state index in [-0.39, 0.29) is 5.75 Å². The highest BCUT2D eigenvalue weighted by Crippen LogP contribution is 2.37. The number of ether oxygens (including phenoxy) is 1. The van der Waals surface area contributed by atoms with Crippen molar-refractivity contribution in [2.45, 2.75) is 11.9 Å². The Kier molecular flexibility index (Phi) is 8.54. The van der Waals surface area contributed by atoms with Crippen molar-refractivity contribution in [3.63, 3.8) is 0 Å². The molecule has 13 heteroatoms. The van der Waals surface area contributed by atoms with Crippen LogP contribution in [0.2, 0.25) is 10.0 Å². The highest BCUT2D eigenvalue weighted by atomic mass is 35.5. The van der Waals surface area contributed by atoms with Crippen LogP contribution in [-0.4, -0.2) is 29.2 Å². The Morgan fingerprint density at radius 3 is 2.45 bits per heavy atom. The van der Waals surface area contributed by atoms with Crippen molar-refractivity contribution in [3.05, 3.63) is 67.7 Å². The molecule has 0 bridgehead atoms. The molecule has 0 fully saturated rings. The number of carbonyl (C=O) groups is 2. The monoisotopic (exact) mass is 496 g/mol. The van der Waals surface area contributed by atoms with E-state index in [0.29, 0.717) is 21.9 Å². The number of nitro groups is 1. The molecule has 0 aliphatic rings. The van der Waals surface area contributed by atoms with Crippen LogP contribution >= 0.6 is 35.0 Å². The first-order valence-corrected chi connectivity index (χ1v) is 10.2. The molecule has 1 N–H and O–H groups in total. The molecule has 2 aromatic carbocycles. The minimum absolute atomic E-state index is 0.112. The van der Waals surface area contributed by atoms with Crippen LogP contribution in [-0.2, 0) is 26.3 Å². The summed E-state index contributed by atoms with van der Waals surface area (Å²) in [6.45, 7) is -0.819. The van der Waals surface area contributed by atoms with E-state index >= 15 is 0 Å². The second-order valence-corrected chi connectivity index (χ2v) is 7.73. The fraction of sp³-hybridized carbons (Fsp3) is 0.222. The molecular weight excluding hydrogens is 484 g/mol. The molecule has 0 saturated heterocycles. The fourth-order valence-electron chi connectivity index (χ4n) is 2.24. The van der Waals surface area contributed by atoms with Gasteiger partial charge in [-0.25, -0.2) is 0 Å². The van der Waals surface area contributed by atoms with Crippen molar-refractivity contribution in [1.82, 2.24) is 0 Å². The number of hydrogen-bond donors (Lipinski definition) is 1. The first-order chi connectivity index (χ1) is 14.5. The van der Waals surface area contributed by atoms with Crippen molar-refractivity contribution in [2.24, 2.45) is 0 Å². The Bertz CT molecular complexity index is 1000. The third kappa shape index (κ3) is 7.60. The number of anilines is 1. The van der Waals surface area contributed by atoms with Gasteiger partial charge in [0.05, 0.1) is 32.0 Å². The van der Waals surface area contributed by atoms with E-state index in [1.165, 1.54) is 11.8 Å². The van der Waals surface area contributed by atoms with E-state index in [0.717, 1.165) is 17.7 Å². The van der Waals surface area contributed by atoms with Crippen molar-refractivity contribution >= 4 is 58.2 Å². The molecule has 0 saturated carbocycles. The summed E-state index contributed by atoms with van der Waals surface area (Å²) in [5.41, 5.74) is -2.05. The van der Waals surface area contributed by atoms with Crippen LogP contribution in [0.3, 0.4) is 0 Å². The minimum Gasteiger partial charge on any atom is -0.455 e. The first kappa shape index (κ1) is 24.8. The van der Waals surface area contributed by atoms with Crippen LogP contribution in [0.25, 0.3) is 0 Å². The van der Waals surface area contributed by atoms with Gasteiger partial charge in [-0.2, -0.15) is 13.2 Å². The SMILES string of the molecule is O=C(COC(=O)CSCc1ccc(Cl)c(Cl)c1)Nc1ccc([N+](=O)[O-])cc1C(F)(F)F. The summed E-state index contributed by atoms with van der Waals surface area (Å²) in [6, 6.07) is 6.85. The van der Waals surface area contributed by atoms with Crippen molar-refractivity contribution in [3.8, 4) is 0 Å². The van der Waals surface area contributed by atoms with Crippen LogP contribution in [0.4, 0.5) is 24.5 Å². The average molecular weight is 497 g/mol. The second-order valence-electron chi connectivity index (χ2n) is 5.93. The molecule has 0 heterocycles. The molecule has 0 aromatic heterocycles. The van der Waals surface area contributed by atoms with Crippen LogP contribution in [0.5, 0.6) is 0 Å². The quantitative estimate of drug-likeness (QED) is 0.301. The van der Waals surface area contributed by atoms with Gasteiger partial charge in [0.1, 0.15) is 0 Å². The number of halogens is 5. The number of rotatable bonds is 8. The normalized spacial score (nSPS) is 11.1. The van der Waals surface area contributed by atoms with Crippen molar-refractivity contribution < 1.29 is 32.4 Å². The van der Waals surface area contributed by atoms with Gasteiger partial charge in [0, 0.05) is 17.9 Å². The lowest BCUT2D eigenvalue weighted by Crippen LogP contribution is -2.23. The highest BCUT2D eigenvalue weighted by molar-refractivity contribution is 7.99. The lowest BCUT2D eigenvalue weighted by Gasteiger charge is -2.13. The molecular formula is C18H13Cl2F3N2O5S. The molecule has 0 aliphatic heterocycles. The largest absolute Gasteiger partial charge is 0.455 e. The van der Waals surface area contributed by atoms with E-state index in [1.54, 1.807) is 18.2 Å². The Morgan fingerprint density at radius 2 is 1.84 bits per heavy atom. The number of hydrogen-bond acceptors (Lipinski definition) is 6. The van der Waals surface area contributed by atoms with Gasteiger partial charge in [-0.15, -0.1) is 11.8 Å². The Labute approximate surface area is 188 Å². The zero-order valence-electron chi connectivity index (χ0n) is 15.4. The minimum atomic E-state index is -4.94. The van der Waals surface area contributed by atoms with E-state index in [4.69, 9.17) is 27.9 Å². The van der Waals surface area contributed by atoms with Gasteiger partial charge in [-0.05, 0) is 23.8 Å². The molecule has 2 aromatic rings. The molecule has 0 spiro atoms. The van der Waals surface area contributed by atoms with Gasteiger partial charge >= 0.3 is 12.1 Å². The molecule has 0 aliphatic carbocycles. The number of alkyl halides is 3. The summed E-state index contributed by atoms with van der Waals surface area (Å²) in [7, 11) is 0. The molecule has 2 rings (SSSR count). The van der Waals surface area contributed by atoms with Crippen molar-refractivity contribution in [2.75, 3.05) is 17.7 Å². The number of esters is 1. The standard InChI is InChI=1S/C18H13Cl2F3N2O5S/c19-13-3-1-10(5-14(13)20)8-31-9-17(27)30-7-16(26)24-15-4-2-11(25(28)29)6-12(15)18(21,22)23/h1-6H,7-9H2,(H,24,26). The number of non-ortho nitro benzene ring substituents is 1. The predicted molar refractivity (Wildman–Crippen MR) is 110 cm³/mol. The highest BCUT2D eigenvalue weighted by Gasteiger charge is 2.35. The van der Waals surface area contributed by atoms with Crippen molar-refractivity contribution in [1.29, 1.82) is 0 Å². The van der Waals surface area contributed by atoms with Gasteiger partial charge in [0.15, 0.2) is 6.61 Å². The summed E-state index contributed by atoms with van der Waals surface area (Å²) in [5, 5.41) is 13.4. The van der Waals surface area contributed by atoms with Crippen LogP contribution in [0.1, 0.15) is 11.1 Å². The number of nitrogens with one attached hydrogen (secondary N) is 1. The lowest BCUT2D eigenvalue weighted by atomic mass is 10.1. The van der Waals surface area contributed by atoms with Gasteiger partial charge in [0.25, 0.3) is 11.6 Å². The molecule has 1 amide bonds. The summed E-state index contributed by atoms with van der Waals surface area (Å²) in [4.78, 5) is 33.3. The third-order valence-corrected chi connectivity index (χ3v) is 5.35. The summed E-state index contributed by atoms with van der Waals surface area (Å²) < 4.78 is 44.1. The number of amides is 1. The van der Waals surface area contributed by atoms with Gasteiger partial charge in [-0.3, -0.25) is 19.7 Å². The number of nitrogens with zero attached hydrogens (tertiary/aromatic N) is 1. The number of benzene rings is 2. The average Bonchev–Trinajstić information content (AvgIpc) is 2.68. The number of thioether (sulfide) groups is 1. The van der Waals surface area contributed by atoms with Gasteiger partial charge < -0.3 is 10.1 Å². The third-order valence-electron chi connectivity index (χ3n) is 3.63. The molecule has 7 nitrogen and oxygen atoms in total. The van der Waals surface area contributed by atoms with E-state index in [9.17, 15) is 32.9 Å². The maximum absolute atomic E-state index is 13.1. The molecule has 31 heavy (non-hydrogen) atoms. The van der Waals surface area contributed by atoms with Gasteiger partial charge in [0.2, 0.25) is 0 Å². The Morgan fingerprint density at radius 1 is 1.13 bits per heavy atom. The Hall–Kier alpha value is -2.50. The smallest absolute Gasteiger partial charge is 0.418 e. The van der Waals surface area contributed by atoms with E-state index in [2.05, 4.69) is 0 Å². The maximum Gasteiger partial charge on any atom is 0.418 e. The lowest BCUT2D eigenvalue weighted by molar-refractivity contribution is -0.385. The van der Waals surface area contributed by atoms with Gasteiger partial charge in [-0.1, -0.05) is 29.3 Å². The summed E-state index contributed by atoms with van der Waals surface area (Å²) >= 11 is 12.9. The molecule has 166 valence electrons. The molecule has 0 atom stereocenters. The maximum atomic E-state index is 13.1. The molecule has 0 radical (unpaired) electrons. The van der Waals surface area contributed by atoms with E-state index < -0.39 is 46.5 Å². The second kappa shape index (κ2) is 10.7. The topological polar surface area (TPSA) is 98.5 Å². The number of carbonyl (C=O) groups excluding carboxylic acids is 2. The molecule has 0 unspecified atom stereocenters. The van der Waals surface area contributed by atoms with Crippen LogP contribution in [0.15, 0.2) is 36.4 Å². The Balaban J connectivity index is 1.86. The summed E-state index contributed by atoms with van der Waals surface area (Å²) in [5.74, 6) is -1.48. The first-order valence-electron chi connectivity index (χ1n) is 8.30. The summed E-state index contributed by atoms with van der Waals surface area (Å²) in [6.07, 6.45) is -4.94. The van der Waals surface area contributed by atoms with E-state index in [1.807, 2.05) is 5.32 Å². The van der Waals surface area contributed by atoms with Crippen LogP contribution in [0, 0.1) is 10.1 Å².